The summed E-state index contributed by atoms with van der Waals surface area (Å²) in [5, 5.41) is 8.97. The lowest BCUT2D eigenvalue weighted by Crippen LogP contribution is -2.07. The molecule has 1 aromatic carbocycles. The molecule has 0 saturated carbocycles. The normalized spacial score (nSPS) is 12.1. The van der Waals surface area contributed by atoms with Crippen molar-refractivity contribution in [1.29, 1.82) is 0 Å². The second kappa shape index (κ2) is 11.1. The number of carboxylic acids is 1. The molecule has 1 N–H and O–H groups in total. The molecular weight excluding hydrogens is 276 g/mol. The van der Waals surface area contributed by atoms with Gasteiger partial charge in [-0.15, -0.1) is 0 Å². The Balaban J connectivity index is 2.11. The van der Waals surface area contributed by atoms with Gasteiger partial charge < -0.3 is 9.84 Å². The van der Waals surface area contributed by atoms with Crippen molar-refractivity contribution in [3.05, 3.63) is 29.8 Å². The van der Waals surface area contributed by atoms with Gasteiger partial charge in [-0.1, -0.05) is 64.0 Å². The highest BCUT2D eigenvalue weighted by atomic mass is 16.5. The Kier molecular flexibility index (Phi) is 9.36. The lowest BCUT2D eigenvalue weighted by atomic mass is 10.0. The molecule has 0 radical (unpaired) electrons. The molecule has 0 spiro atoms. The molecule has 3 heteroatoms. The SMILES string of the molecule is CCCCCCCCCCOc1ccc(C(C)C(=O)O)cc1. The van der Waals surface area contributed by atoms with Crippen LogP contribution in [0.25, 0.3) is 0 Å². The first kappa shape index (κ1) is 18.5. The minimum atomic E-state index is -0.799. The van der Waals surface area contributed by atoms with Gasteiger partial charge in [0.25, 0.3) is 0 Å². The second-order valence-electron chi connectivity index (χ2n) is 5.95. The Morgan fingerprint density at radius 1 is 1.00 bits per heavy atom. The average Bonchev–Trinajstić information content (AvgIpc) is 2.53. The van der Waals surface area contributed by atoms with Crippen LogP contribution in [0.15, 0.2) is 24.3 Å². The number of hydrogen-bond donors (Lipinski definition) is 1. The molecule has 3 nitrogen and oxygen atoms in total. The predicted molar refractivity (Wildman–Crippen MR) is 90.6 cm³/mol. The van der Waals surface area contributed by atoms with E-state index in [1.54, 1.807) is 6.92 Å². The smallest absolute Gasteiger partial charge is 0.310 e. The Labute approximate surface area is 134 Å². The van der Waals surface area contributed by atoms with E-state index in [-0.39, 0.29) is 0 Å². The minimum absolute atomic E-state index is 0.471. The monoisotopic (exact) mass is 306 g/mol. The zero-order valence-corrected chi connectivity index (χ0v) is 14.0. The van der Waals surface area contributed by atoms with E-state index >= 15 is 0 Å². The van der Waals surface area contributed by atoms with Gasteiger partial charge in [-0.3, -0.25) is 4.79 Å². The summed E-state index contributed by atoms with van der Waals surface area (Å²) in [6.07, 6.45) is 10.3. The zero-order valence-electron chi connectivity index (χ0n) is 14.0. The number of benzene rings is 1. The van der Waals surface area contributed by atoms with E-state index in [0.29, 0.717) is 0 Å². The second-order valence-corrected chi connectivity index (χ2v) is 5.95. The molecule has 0 saturated heterocycles. The van der Waals surface area contributed by atoms with Crippen LogP contribution < -0.4 is 4.74 Å². The molecule has 0 fully saturated rings. The molecule has 0 heterocycles. The molecule has 22 heavy (non-hydrogen) atoms. The number of rotatable bonds is 12. The highest BCUT2D eigenvalue weighted by Crippen LogP contribution is 2.19. The summed E-state index contributed by atoms with van der Waals surface area (Å²) in [4.78, 5) is 10.9. The van der Waals surface area contributed by atoms with E-state index in [2.05, 4.69) is 6.92 Å². The molecule has 0 bridgehead atoms. The van der Waals surface area contributed by atoms with Gasteiger partial charge in [-0.05, 0) is 31.0 Å². The van der Waals surface area contributed by atoms with Crippen LogP contribution in [0.2, 0.25) is 0 Å². The number of unbranched alkanes of at least 4 members (excludes halogenated alkanes) is 7. The maximum absolute atomic E-state index is 10.9. The number of carbonyl (C=O) groups is 1. The van der Waals surface area contributed by atoms with E-state index in [0.717, 1.165) is 24.3 Å². The third kappa shape index (κ3) is 7.48. The quantitative estimate of drug-likeness (QED) is 0.526. The summed E-state index contributed by atoms with van der Waals surface area (Å²) in [5.74, 6) is -0.446. The molecule has 0 aliphatic carbocycles. The molecule has 0 aliphatic rings. The summed E-state index contributed by atoms with van der Waals surface area (Å²) >= 11 is 0. The van der Waals surface area contributed by atoms with Gasteiger partial charge in [-0.2, -0.15) is 0 Å². The molecule has 0 amide bonds. The standard InChI is InChI=1S/C19H30O3/c1-3-4-5-6-7-8-9-10-15-22-18-13-11-17(12-14-18)16(2)19(20)21/h11-14,16H,3-10,15H2,1-2H3,(H,20,21). The van der Waals surface area contributed by atoms with Crippen molar-refractivity contribution in [2.75, 3.05) is 6.61 Å². The van der Waals surface area contributed by atoms with Gasteiger partial charge in [-0.25, -0.2) is 0 Å². The number of hydrogen-bond acceptors (Lipinski definition) is 2. The van der Waals surface area contributed by atoms with Gasteiger partial charge in [0.15, 0.2) is 0 Å². The van der Waals surface area contributed by atoms with Crippen LogP contribution in [0.1, 0.15) is 76.7 Å². The van der Waals surface area contributed by atoms with Gasteiger partial charge in [0, 0.05) is 0 Å². The van der Waals surface area contributed by atoms with Crippen molar-refractivity contribution in [1.82, 2.24) is 0 Å². The van der Waals surface area contributed by atoms with Crippen molar-refractivity contribution in [2.24, 2.45) is 0 Å². The van der Waals surface area contributed by atoms with E-state index in [1.807, 2.05) is 24.3 Å². The zero-order chi connectivity index (χ0) is 16.2. The highest BCUT2D eigenvalue weighted by molar-refractivity contribution is 5.75. The largest absolute Gasteiger partial charge is 0.494 e. The van der Waals surface area contributed by atoms with Crippen LogP contribution in [-0.4, -0.2) is 17.7 Å². The van der Waals surface area contributed by atoms with Gasteiger partial charge >= 0.3 is 5.97 Å². The fourth-order valence-corrected chi connectivity index (χ4v) is 2.42. The van der Waals surface area contributed by atoms with Crippen molar-refractivity contribution >= 4 is 5.97 Å². The molecule has 0 aliphatic heterocycles. The summed E-state index contributed by atoms with van der Waals surface area (Å²) in [7, 11) is 0. The number of ether oxygens (including phenoxy) is 1. The minimum Gasteiger partial charge on any atom is -0.494 e. The third-order valence-electron chi connectivity index (χ3n) is 4.02. The Morgan fingerprint density at radius 3 is 2.09 bits per heavy atom. The fraction of sp³-hybridized carbons (Fsp3) is 0.632. The first-order valence-corrected chi connectivity index (χ1v) is 8.60. The van der Waals surface area contributed by atoms with Crippen molar-refractivity contribution in [3.63, 3.8) is 0 Å². The number of carboxylic acid groups (broad SMARTS) is 1. The van der Waals surface area contributed by atoms with Crippen LogP contribution >= 0.6 is 0 Å². The summed E-state index contributed by atoms with van der Waals surface area (Å²) in [6.45, 7) is 4.67. The lowest BCUT2D eigenvalue weighted by Gasteiger charge is -2.09. The van der Waals surface area contributed by atoms with Crippen LogP contribution in [-0.2, 0) is 4.79 Å². The van der Waals surface area contributed by atoms with Crippen molar-refractivity contribution in [2.45, 2.75) is 71.1 Å². The molecule has 1 atom stereocenters. The number of aliphatic carboxylic acids is 1. The van der Waals surface area contributed by atoms with Gasteiger partial charge in [0.05, 0.1) is 12.5 Å². The van der Waals surface area contributed by atoms with Crippen LogP contribution in [0, 0.1) is 0 Å². The van der Waals surface area contributed by atoms with Crippen LogP contribution in [0.3, 0.4) is 0 Å². The Hall–Kier alpha value is -1.51. The first-order chi connectivity index (χ1) is 10.6. The van der Waals surface area contributed by atoms with E-state index in [1.165, 1.54) is 44.9 Å². The van der Waals surface area contributed by atoms with E-state index in [4.69, 9.17) is 9.84 Å². The van der Waals surface area contributed by atoms with Crippen LogP contribution in [0.5, 0.6) is 5.75 Å². The summed E-state index contributed by atoms with van der Waals surface area (Å²) in [5.41, 5.74) is 0.812. The molecule has 0 aromatic heterocycles. The van der Waals surface area contributed by atoms with Crippen LogP contribution in [0.4, 0.5) is 0 Å². The molecule has 1 rings (SSSR count). The van der Waals surface area contributed by atoms with Gasteiger partial charge in [0.2, 0.25) is 0 Å². The van der Waals surface area contributed by atoms with Gasteiger partial charge in [0.1, 0.15) is 5.75 Å². The molecular formula is C19H30O3. The molecule has 1 aromatic rings. The van der Waals surface area contributed by atoms with Crippen molar-refractivity contribution in [3.8, 4) is 5.75 Å². The van der Waals surface area contributed by atoms with E-state index < -0.39 is 11.9 Å². The maximum atomic E-state index is 10.9. The fourth-order valence-electron chi connectivity index (χ4n) is 2.42. The average molecular weight is 306 g/mol. The topological polar surface area (TPSA) is 46.5 Å². The Bertz CT molecular complexity index is 411. The van der Waals surface area contributed by atoms with Crippen molar-refractivity contribution < 1.29 is 14.6 Å². The summed E-state index contributed by atoms with van der Waals surface area (Å²) < 4.78 is 5.70. The summed E-state index contributed by atoms with van der Waals surface area (Å²) in [6, 6.07) is 7.39. The molecule has 1 unspecified atom stereocenters. The Morgan fingerprint density at radius 2 is 1.55 bits per heavy atom. The third-order valence-corrected chi connectivity index (χ3v) is 4.02. The molecule has 124 valence electrons. The lowest BCUT2D eigenvalue weighted by molar-refractivity contribution is -0.138. The first-order valence-electron chi connectivity index (χ1n) is 8.60. The highest BCUT2D eigenvalue weighted by Gasteiger charge is 2.12. The maximum Gasteiger partial charge on any atom is 0.310 e. The predicted octanol–water partition coefficient (Wildman–Crippen LogP) is 5.39. The van der Waals surface area contributed by atoms with E-state index in [9.17, 15) is 4.79 Å².